The fourth-order valence-electron chi connectivity index (χ4n) is 2.86. The van der Waals surface area contributed by atoms with Crippen LogP contribution in [0.5, 0.6) is 0 Å². The molecule has 2 nitrogen and oxygen atoms in total. The van der Waals surface area contributed by atoms with Crippen LogP contribution in [0.3, 0.4) is 0 Å². The van der Waals surface area contributed by atoms with Gasteiger partial charge in [0.1, 0.15) is 0 Å². The third-order valence-corrected chi connectivity index (χ3v) is 3.84. The highest BCUT2D eigenvalue weighted by Crippen LogP contribution is 2.40. The first-order valence-corrected chi connectivity index (χ1v) is 5.89. The zero-order valence-corrected chi connectivity index (χ0v) is 10.3. The minimum atomic E-state index is 0. The molecule has 0 radical (unpaired) electrons. The fourth-order valence-corrected chi connectivity index (χ4v) is 2.86. The number of piperidine rings is 1. The largest absolute Gasteiger partial charge is 0.370 e. The number of rotatable bonds is 1. The van der Waals surface area contributed by atoms with Crippen molar-refractivity contribution in [2.45, 2.75) is 12.8 Å². The van der Waals surface area contributed by atoms with Crippen LogP contribution in [0.1, 0.15) is 12.8 Å². The summed E-state index contributed by atoms with van der Waals surface area (Å²) in [6, 6.07) is 10.8. The summed E-state index contributed by atoms with van der Waals surface area (Å²) in [6.45, 7) is 4.95. The molecule has 1 aromatic rings. The Morgan fingerprint density at radius 3 is 2.25 bits per heavy atom. The summed E-state index contributed by atoms with van der Waals surface area (Å²) in [7, 11) is 0. The van der Waals surface area contributed by atoms with Crippen LogP contribution >= 0.6 is 12.4 Å². The first-order chi connectivity index (χ1) is 7.38. The maximum absolute atomic E-state index is 3.44. The molecule has 0 amide bonds. The van der Waals surface area contributed by atoms with Gasteiger partial charge in [0.2, 0.25) is 0 Å². The van der Waals surface area contributed by atoms with E-state index in [4.69, 9.17) is 0 Å². The van der Waals surface area contributed by atoms with E-state index >= 15 is 0 Å². The van der Waals surface area contributed by atoms with E-state index in [0.29, 0.717) is 5.41 Å². The van der Waals surface area contributed by atoms with E-state index in [-0.39, 0.29) is 12.4 Å². The molecule has 1 N–H and O–H groups in total. The molecule has 3 rings (SSSR count). The van der Waals surface area contributed by atoms with Gasteiger partial charge in [0.05, 0.1) is 0 Å². The normalized spacial score (nSPS) is 22.4. The van der Waals surface area contributed by atoms with Gasteiger partial charge in [0.15, 0.2) is 0 Å². The fraction of sp³-hybridized carbons (Fsp3) is 0.538. The van der Waals surface area contributed by atoms with Crippen LogP contribution in [0.4, 0.5) is 5.69 Å². The van der Waals surface area contributed by atoms with E-state index < -0.39 is 0 Å². The molecule has 3 heteroatoms. The third kappa shape index (κ3) is 2.04. The summed E-state index contributed by atoms with van der Waals surface area (Å²) in [5.74, 6) is 0. The zero-order valence-electron chi connectivity index (χ0n) is 9.48. The summed E-state index contributed by atoms with van der Waals surface area (Å²) < 4.78 is 0. The van der Waals surface area contributed by atoms with Gasteiger partial charge >= 0.3 is 0 Å². The second-order valence-corrected chi connectivity index (χ2v) is 4.94. The van der Waals surface area contributed by atoms with Crippen molar-refractivity contribution in [2.75, 3.05) is 31.1 Å². The van der Waals surface area contributed by atoms with Crippen LogP contribution in [0.25, 0.3) is 0 Å². The monoisotopic (exact) mass is 238 g/mol. The van der Waals surface area contributed by atoms with Gasteiger partial charge in [-0.15, -0.1) is 12.4 Å². The Labute approximate surface area is 103 Å². The average molecular weight is 239 g/mol. The van der Waals surface area contributed by atoms with Crippen LogP contribution in [0.15, 0.2) is 30.3 Å². The van der Waals surface area contributed by atoms with Crippen molar-refractivity contribution in [3.8, 4) is 0 Å². The number of benzene rings is 1. The van der Waals surface area contributed by atoms with Gasteiger partial charge in [-0.05, 0) is 38.1 Å². The Kier molecular flexibility index (Phi) is 3.41. The summed E-state index contributed by atoms with van der Waals surface area (Å²) in [5, 5.41) is 3.44. The Hall–Kier alpha value is -0.730. The standard InChI is InChI=1S/C13H18N2.ClH/c1-2-4-12(5-3-1)15-10-13(11-15)6-8-14-9-7-13;/h1-5,14H,6-11H2;1H. The van der Waals surface area contributed by atoms with Crippen LogP contribution in [-0.2, 0) is 0 Å². The number of hydrogen-bond acceptors (Lipinski definition) is 2. The van der Waals surface area contributed by atoms with Gasteiger partial charge in [0.25, 0.3) is 0 Å². The molecule has 0 aliphatic carbocycles. The van der Waals surface area contributed by atoms with Crippen LogP contribution < -0.4 is 10.2 Å². The lowest BCUT2D eigenvalue weighted by Crippen LogP contribution is -2.60. The Bertz CT molecular complexity index is 325. The number of nitrogens with one attached hydrogen (secondary N) is 1. The third-order valence-electron chi connectivity index (χ3n) is 3.84. The average Bonchev–Trinajstić information content (AvgIpc) is 2.28. The van der Waals surface area contributed by atoms with E-state index in [1.54, 1.807) is 0 Å². The van der Waals surface area contributed by atoms with Crippen molar-refractivity contribution in [1.82, 2.24) is 5.32 Å². The highest BCUT2D eigenvalue weighted by Gasteiger charge is 2.43. The van der Waals surface area contributed by atoms with E-state index in [2.05, 4.69) is 40.5 Å². The zero-order chi connectivity index (χ0) is 10.1. The van der Waals surface area contributed by atoms with Gasteiger partial charge in [0, 0.05) is 24.2 Å². The van der Waals surface area contributed by atoms with E-state index in [1.807, 2.05) is 0 Å². The summed E-state index contributed by atoms with van der Waals surface area (Å²) in [6.07, 6.45) is 2.71. The molecule has 2 aliphatic heterocycles. The molecule has 0 saturated carbocycles. The van der Waals surface area contributed by atoms with Crippen LogP contribution in [0.2, 0.25) is 0 Å². The molecular formula is C13H19ClN2. The molecule has 88 valence electrons. The topological polar surface area (TPSA) is 15.3 Å². The Balaban J connectivity index is 0.000000963. The summed E-state index contributed by atoms with van der Waals surface area (Å²) in [4.78, 5) is 2.51. The molecule has 2 fully saturated rings. The number of hydrogen-bond donors (Lipinski definition) is 1. The van der Waals surface area contributed by atoms with Crippen molar-refractivity contribution < 1.29 is 0 Å². The number of anilines is 1. The Morgan fingerprint density at radius 2 is 1.62 bits per heavy atom. The molecule has 1 spiro atoms. The molecule has 0 aromatic heterocycles. The lowest BCUT2D eigenvalue weighted by Gasteiger charge is -2.53. The van der Waals surface area contributed by atoms with Crippen molar-refractivity contribution in [3.63, 3.8) is 0 Å². The molecule has 16 heavy (non-hydrogen) atoms. The quantitative estimate of drug-likeness (QED) is 0.808. The maximum Gasteiger partial charge on any atom is 0.0366 e. The number of halogens is 1. The van der Waals surface area contributed by atoms with Gasteiger partial charge in [-0.3, -0.25) is 0 Å². The SMILES string of the molecule is Cl.c1ccc(N2CC3(CCNCC3)C2)cc1. The predicted molar refractivity (Wildman–Crippen MR) is 70.4 cm³/mol. The van der Waals surface area contributed by atoms with Crippen LogP contribution in [-0.4, -0.2) is 26.2 Å². The van der Waals surface area contributed by atoms with E-state index in [1.165, 1.54) is 44.7 Å². The lowest BCUT2D eigenvalue weighted by atomic mass is 9.72. The second kappa shape index (κ2) is 4.64. The highest BCUT2D eigenvalue weighted by atomic mass is 35.5. The second-order valence-electron chi connectivity index (χ2n) is 4.94. The summed E-state index contributed by atoms with van der Waals surface area (Å²) >= 11 is 0. The lowest BCUT2D eigenvalue weighted by molar-refractivity contribution is 0.150. The van der Waals surface area contributed by atoms with Crippen LogP contribution in [0, 0.1) is 5.41 Å². The van der Waals surface area contributed by atoms with Crippen molar-refractivity contribution in [2.24, 2.45) is 5.41 Å². The molecular weight excluding hydrogens is 220 g/mol. The summed E-state index contributed by atoms with van der Waals surface area (Å²) in [5.41, 5.74) is 2.03. The molecule has 0 bridgehead atoms. The van der Waals surface area contributed by atoms with Crippen molar-refractivity contribution in [1.29, 1.82) is 0 Å². The highest BCUT2D eigenvalue weighted by molar-refractivity contribution is 5.85. The molecule has 0 unspecified atom stereocenters. The molecule has 2 aliphatic rings. The van der Waals surface area contributed by atoms with E-state index in [0.717, 1.165) is 0 Å². The Morgan fingerprint density at radius 1 is 1.00 bits per heavy atom. The smallest absolute Gasteiger partial charge is 0.0366 e. The minimum absolute atomic E-state index is 0. The molecule has 2 heterocycles. The van der Waals surface area contributed by atoms with Crippen molar-refractivity contribution >= 4 is 18.1 Å². The first kappa shape index (κ1) is 11.7. The first-order valence-electron chi connectivity index (χ1n) is 5.89. The number of nitrogens with zero attached hydrogens (tertiary/aromatic N) is 1. The van der Waals surface area contributed by atoms with E-state index in [9.17, 15) is 0 Å². The van der Waals surface area contributed by atoms with Gasteiger partial charge < -0.3 is 10.2 Å². The van der Waals surface area contributed by atoms with Gasteiger partial charge in [-0.25, -0.2) is 0 Å². The minimum Gasteiger partial charge on any atom is -0.370 e. The molecule has 0 atom stereocenters. The van der Waals surface area contributed by atoms with Crippen molar-refractivity contribution in [3.05, 3.63) is 30.3 Å². The van der Waals surface area contributed by atoms with Gasteiger partial charge in [-0.2, -0.15) is 0 Å². The number of para-hydroxylation sites is 1. The maximum atomic E-state index is 3.44. The predicted octanol–water partition coefficient (Wildman–Crippen LogP) is 2.30. The molecule has 2 saturated heterocycles. The molecule has 1 aromatic carbocycles. The van der Waals surface area contributed by atoms with Gasteiger partial charge in [-0.1, -0.05) is 18.2 Å².